The molecule has 58 valence electrons. The van der Waals surface area contributed by atoms with E-state index in [1.165, 1.54) is 37.2 Å². The molecule has 0 atom stereocenters. The van der Waals surface area contributed by atoms with Crippen LogP contribution in [0.3, 0.4) is 0 Å². The van der Waals surface area contributed by atoms with Gasteiger partial charge in [-0.05, 0) is 12.8 Å². The first-order valence-corrected chi connectivity index (χ1v) is 5.29. The summed E-state index contributed by atoms with van der Waals surface area (Å²) in [5, 5.41) is 0. The van der Waals surface area contributed by atoms with Gasteiger partial charge in [0.25, 0.3) is 0 Å². The van der Waals surface area contributed by atoms with E-state index in [1.54, 1.807) is 0 Å². The van der Waals surface area contributed by atoms with Gasteiger partial charge in [-0.3, -0.25) is 0 Å². The fourth-order valence-corrected chi connectivity index (χ4v) is 2.76. The molecule has 2 heterocycles. The van der Waals surface area contributed by atoms with Crippen molar-refractivity contribution in [3.05, 3.63) is 0 Å². The summed E-state index contributed by atoms with van der Waals surface area (Å²) in [4.78, 5) is 0. The Hall–Kier alpha value is 0.310. The second-order valence-electron chi connectivity index (χ2n) is 3.33. The molecule has 0 bridgehead atoms. The maximum Gasteiger partial charge on any atom is 0.0862 e. The van der Waals surface area contributed by atoms with Crippen LogP contribution in [0.15, 0.2) is 0 Å². The average molecular weight is 158 g/mol. The third-order valence-corrected chi connectivity index (χ3v) is 3.88. The molecule has 10 heavy (non-hydrogen) atoms. The Morgan fingerprint density at radius 2 is 2.00 bits per heavy atom. The van der Waals surface area contributed by atoms with Gasteiger partial charge in [-0.2, -0.15) is 11.8 Å². The van der Waals surface area contributed by atoms with E-state index in [9.17, 15) is 0 Å². The molecule has 1 nitrogen and oxygen atoms in total. The largest absolute Gasteiger partial charge is 0.373 e. The van der Waals surface area contributed by atoms with Gasteiger partial charge < -0.3 is 4.74 Å². The molecule has 0 aromatic carbocycles. The molecular weight excluding hydrogens is 144 g/mol. The Morgan fingerprint density at radius 1 is 1.10 bits per heavy atom. The SMILES string of the molecule is C1CCOC2(CC1)CSC2. The zero-order valence-electron chi connectivity index (χ0n) is 6.27. The van der Waals surface area contributed by atoms with E-state index in [4.69, 9.17) is 4.74 Å². The highest BCUT2D eigenvalue weighted by atomic mass is 32.2. The fourth-order valence-electron chi connectivity index (χ4n) is 1.64. The summed E-state index contributed by atoms with van der Waals surface area (Å²) in [5.41, 5.74) is 0.348. The van der Waals surface area contributed by atoms with Crippen molar-refractivity contribution in [3.63, 3.8) is 0 Å². The summed E-state index contributed by atoms with van der Waals surface area (Å²) in [6.07, 6.45) is 5.37. The van der Waals surface area contributed by atoms with Gasteiger partial charge in [0.15, 0.2) is 0 Å². The summed E-state index contributed by atoms with van der Waals surface area (Å²) in [7, 11) is 0. The molecule has 0 saturated carbocycles. The summed E-state index contributed by atoms with van der Waals surface area (Å²) in [5.74, 6) is 2.51. The first-order valence-electron chi connectivity index (χ1n) is 4.13. The Bertz CT molecular complexity index is 110. The molecular formula is C8H14OS. The lowest BCUT2D eigenvalue weighted by molar-refractivity contribution is -0.0140. The summed E-state index contributed by atoms with van der Waals surface area (Å²) in [6, 6.07) is 0. The molecule has 2 fully saturated rings. The number of rotatable bonds is 0. The van der Waals surface area contributed by atoms with Crippen LogP contribution in [0.1, 0.15) is 25.7 Å². The van der Waals surface area contributed by atoms with E-state index in [-0.39, 0.29) is 0 Å². The summed E-state index contributed by atoms with van der Waals surface area (Å²) >= 11 is 2.03. The third-order valence-electron chi connectivity index (χ3n) is 2.42. The zero-order valence-corrected chi connectivity index (χ0v) is 7.08. The van der Waals surface area contributed by atoms with Crippen LogP contribution in [0.5, 0.6) is 0 Å². The number of ether oxygens (including phenoxy) is 1. The Morgan fingerprint density at radius 3 is 2.70 bits per heavy atom. The van der Waals surface area contributed by atoms with Crippen LogP contribution >= 0.6 is 11.8 Å². The smallest absolute Gasteiger partial charge is 0.0862 e. The quantitative estimate of drug-likeness (QED) is 0.533. The van der Waals surface area contributed by atoms with Crippen LogP contribution < -0.4 is 0 Å². The molecule has 2 heteroatoms. The van der Waals surface area contributed by atoms with Gasteiger partial charge in [0, 0.05) is 18.1 Å². The van der Waals surface area contributed by atoms with Crippen molar-refractivity contribution >= 4 is 11.8 Å². The van der Waals surface area contributed by atoms with Gasteiger partial charge in [-0.25, -0.2) is 0 Å². The maximum atomic E-state index is 5.81. The van der Waals surface area contributed by atoms with Crippen molar-refractivity contribution in [3.8, 4) is 0 Å². The van der Waals surface area contributed by atoms with Gasteiger partial charge in [0.2, 0.25) is 0 Å². The Labute approximate surface area is 66.5 Å². The fraction of sp³-hybridized carbons (Fsp3) is 1.00. The van der Waals surface area contributed by atoms with Crippen molar-refractivity contribution < 1.29 is 4.74 Å². The van der Waals surface area contributed by atoms with E-state index in [2.05, 4.69) is 0 Å². The standard InChI is InChI=1S/C8H14OS/c1-2-4-8(6-10-7-8)9-5-3-1/h1-7H2. The van der Waals surface area contributed by atoms with E-state index in [0.29, 0.717) is 5.60 Å². The monoisotopic (exact) mass is 158 g/mol. The molecule has 0 unspecified atom stereocenters. The van der Waals surface area contributed by atoms with E-state index >= 15 is 0 Å². The molecule has 2 rings (SSSR count). The van der Waals surface area contributed by atoms with Crippen LogP contribution in [0.2, 0.25) is 0 Å². The van der Waals surface area contributed by atoms with Crippen molar-refractivity contribution in [2.24, 2.45) is 0 Å². The molecule has 1 spiro atoms. The van der Waals surface area contributed by atoms with Crippen molar-refractivity contribution in [1.82, 2.24) is 0 Å². The normalized spacial score (nSPS) is 31.2. The summed E-state index contributed by atoms with van der Waals surface area (Å²) < 4.78 is 5.81. The van der Waals surface area contributed by atoms with Crippen LogP contribution in [0, 0.1) is 0 Å². The van der Waals surface area contributed by atoms with E-state index in [0.717, 1.165) is 6.61 Å². The molecule has 0 aliphatic carbocycles. The molecule has 0 amide bonds. The van der Waals surface area contributed by atoms with Gasteiger partial charge in [0.1, 0.15) is 0 Å². The van der Waals surface area contributed by atoms with Crippen LogP contribution in [0.25, 0.3) is 0 Å². The Kier molecular flexibility index (Phi) is 1.92. The minimum absolute atomic E-state index is 0.348. The number of hydrogen-bond acceptors (Lipinski definition) is 2. The molecule has 2 saturated heterocycles. The molecule has 0 radical (unpaired) electrons. The first kappa shape index (κ1) is 6.99. The number of hydrogen-bond donors (Lipinski definition) is 0. The highest BCUT2D eigenvalue weighted by Crippen LogP contribution is 2.38. The highest BCUT2D eigenvalue weighted by molar-refractivity contribution is 8.00. The maximum absolute atomic E-state index is 5.81. The lowest BCUT2D eigenvalue weighted by atomic mass is 10.0. The van der Waals surface area contributed by atoms with E-state index < -0.39 is 0 Å². The molecule has 0 aromatic rings. The van der Waals surface area contributed by atoms with Gasteiger partial charge in [0.05, 0.1) is 5.60 Å². The lowest BCUT2D eigenvalue weighted by Crippen LogP contribution is -2.45. The molecule has 2 aliphatic rings. The topological polar surface area (TPSA) is 9.23 Å². The predicted octanol–water partition coefficient (Wildman–Crippen LogP) is 2.06. The van der Waals surface area contributed by atoms with Crippen LogP contribution in [0.4, 0.5) is 0 Å². The molecule has 0 N–H and O–H groups in total. The molecule has 2 aliphatic heterocycles. The van der Waals surface area contributed by atoms with Gasteiger partial charge >= 0.3 is 0 Å². The predicted molar refractivity (Wildman–Crippen MR) is 44.5 cm³/mol. The molecule has 0 aromatic heterocycles. The Balaban J connectivity index is 1.92. The second kappa shape index (κ2) is 2.74. The van der Waals surface area contributed by atoms with Crippen molar-refractivity contribution in [1.29, 1.82) is 0 Å². The third kappa shape index (κ3) is 1.19. The minimum Gasteiger partial charge on any atom is -0.373 e. The van der Waals surface area contributed by atoms with Crippen molar-refractivity contribution in [2.75, 3.05) is 18.1 Å². The first-order chi connectivity index (χ1) is 4.91. The second-order valence-corrected chi connectivity index (χ2v) is 4.32. The lowest BCUT2D eigenvalue weighted by Gasteiger charge is -2.39. The van der Waals surface area contributed by atoms with Gasteiger partial charge in [-0.1, -0.05) is 12.8 Å². The highest BCUT2D eigenvalue weighted by Gasteiger charge is 2.38. The van der Waals surface area contributed by atoms with Crippen molar-refractivity contribution in [2.45, 2.75) is 31.3 Å². The van der Waals surface area contributed by atoms with Gasteiger partial charge in [-0.15, -0.1) is 0 Å². The van der Waals surface area contributed by atoms with Crippen LogP contribution in [-0.4, -0.2) is 23.7 Å². The summed E-state index contributed by atoms with van der Waals surface area (Å²) in [6.45, 7) is 1.01. The van der Waals surface area contributed by atoms with Crippen LogP contribution in [-0.2, 0) is 4.74 Å². The average Bonchev–Trinajstić information content (AvgIpc) is 2.08. The number of thioether (sulfide) groups is 1. The minimum atomic E-state index is 0.348. The van der Waals surface area contributed by atoms with E-state index in [1.807, 2.05) is 11.8 Å². The zero-order chi connectivity index (χ0) is 6.86.